The Bertz CT molecular complexity index is 1040. The van der Waals surface area contributed by atoms with Crippen LogP contribution in [0, 0.1) is 12.7 Å². The number of aryl methyl sites for hydroxylation is 1. The number of carbonyl (C=O) groups is 1. The molecule has 30 heavy (non-hydrogen) atoms. The third-order valence-electron chi connectivity index (χ3n) is 5.30. The zero-order chi connectivity index (χ0) is 21.1. The number of anilines is 1. The van der Waals surface area contributed by atoms with Crippen molar-refractivity contribution in [2.24, 2.45) is 0 Å². The molecule has 1 atom stereocenters. The standard InChI is InChI=1S/C23H22ClFN4O/c1-15-21(23(30)28-20-8-4-18(24)5-9-20)12-26-22(27-15)17-10-11-29(14-17)13-16-2-6-19(25)7-3-16/h2-9,12,17H,10-11,13-14H2,1H3,(H,28,30)/t17-/m1/s1. The molecule has 0 aliphatic carbocycles. The highest BCUT2D eigenvalue weighted by Crippen LogP contribution is 2.26. The normalized spacial score (nSPS) is 16.6. The van der Waals surface area contributed by atoms with E-state index < -0.39 is 0 Å². The number of amides is 1. The van der Waals surface area contributed by atoms with E-state index in [4.69, 9.17) is 11.6 Å². The van der Waals surface area contributed by atoms with Gasteiger partial charge in [-0.2, -0.15) is 0 Å². The molecule has 0 unspecified atom stereocenters. The van der Waals surface area contributed by atoms with Gasteiger partial charge in [0.2, 0.25) is 0 Å². The summed E-state index contributed by atoms with van der Waals surface area (Å²) in [6, 6.07) is 13.6. The highest BCUT2D eigenvalue weighted by molar-refractivity contribution is 6.30. The number of halogens is 2. The second-order valence-electron chi connectivity index (χ2n) is 7.54. The number of aromatic nitrogens is 2. The Morgan fingerprint density at radius 1 is 1.20 bits per heavy atom. The maximum Gasteiger partial charge on any atom is 0.259 e. The van der Waals surface area contributed by atoms with Gasteiger partial charge in [0.05, 0.1) is 11.3 Å². The van der Waals surface area contributed by atoms with Gasteiger partial charge in [0.1, 0.15) is 11.6 Å². The molecule has 2 heterocycles. The van der Waals surface area contributed by atoms with Crippen molar-refractivity contribution in [3.63, 3.8) is 0 Å². The molecule has 0 bridgehead atoms. The zero-order valence-electron chi connectivity index (χ0n) is 16.6. The maximum atomic E-state index is 13.1. The molecule has 1 fully saturated rings. The lowest BCUT2D eigenvalue weighted by Crippen LogP contribution is -2.21. The van der Waals surface area contributed by atoms with Crippen LogP contribution < -0.4 is 5.32 Å². The lowest BCUT2D eigenvalue weighted by atomic mass is 10.1. The minimum absolute atomic E-state index is 0.220. The van der Waals surface area contributed by atoms with Crippen molar-refractivity contribution in [1.82, 2.24) is 14.9 Å². The van der Waals surface area contributed by atoms with Gasteiger partial charge in [0.25, 0.3) is 5.91 Å². The number of nitrogens with zero attached hydrogens (tertiary/aromatic N) is 3. The second-order valence-corrected chi connectivity index (χ2v) is 7.97. The molecule has 0 spiro atoms. The number of hydrogen-bond donors (Lipinski definition) is 1. The fraction of sp³-hybridized carbons (Fsp3) is 0.261. The summed E-state index contributed by atoms with van der Waals surface area (Å²) in [4.78, 5) is 24.0. The predicted octanol–water partition coefficient (Wildman–Crippen LogP) is 4.82. The summed E-state index contributed by atoms with van der Waals surface area (Å²) in [5, 5.41) is 3.45. The van der Waals surface area contributed by atoms with Gasteiger partial charge in [-0.05, 0) is 61.9 Å². The Hall–Kier alpha value is -2.83. The average Bonchev–Trinajstić information content (AvgIpc) is 3.20. The Kier molecular flexibility index (Phi) is 6.06. The van der Waals surface area contributed by atoms with Crippen LogP contribution in [-0.2, 0) is 6.54 Å². The molecule has 4 rings (SSSR count). The number of likely N-dealkylation sites (tertiary alicyclic amines) is 1. The molecule has 1 aromatic heterocycles. The largest absolute Gasteiger partial charge is 0.322 e. The smallest absolute Gasteiger partial charge is 0.259 e. The first-order valence-corrected chi connectivity index (χ1v) is 10.2. The molecule has 3 aromatic rings. The summed E-state index contributed by atoms with van der Waals surface area (Å²) in [7, 11) is 0. The highest BCUT2D eigenvalue weighted by Gasteiger charge is 2.26. The molecule has 1 aliphatic heterocycles. The van der Waals surface area contributed by atoms with E-state index in [1.807, 2.05) is 19.1 Å². The van der Waals surface area contributed by atoms with E-state index in [1.54, 1.807) is 30.5 Å². The van der Waals surface area contributed by atoms with Crippen LogP contribution in [0.3, 0.4) is 0 Å². The van der Waals surface area contributed by atoms with Crippen molar-refractivity contribution in [2.75, 3.05) is 18.4 Å². The van der Waals surface area contributed by atoms with Crippen molar-refractivity contribution in [3.8, 4) is 0 Å². The van der Waals surface area contributed by atoms with Crippen molar-refractivity contribution in [3.05, 3.63) is 88.2 Å². The van der Waals surface area contributed by atoms with E-state index in [1.165, 1.54) is 12.1 Å². The van der Waals surface area contributed by atoms with Crippen LogP contribution >= 0.6 is 11.6 Å². The van der Waals surface area contributed by atoms with E-state index >= 15 is 0 Å². The Morgan fingerprint density at radius 3 is 2.63 bits per heavy atom. The first kappa shape index (κ1) is 20.4. The molecule has 5 nitrogen and oxygen atoms in total. The van der Waals surface area contributed by atoms with Crippen LogP contribution in [0.5, 0.6) is 0 Å². The van der Waals surface area contributed by atoms with Crippen LogP contribution in [0.25, 0.3) is 0 Å². The molecule has 154 valence electrons. The molecular weight excluding hydrogens is 403 g/mol. The van der Waals surface area contributed by atoms with Gasteiger partial charge in [-0.15, -0.1) is 0 Å². The van der Waals surface area contributed by atoms with Gasteiger partial charge in [-0.25, -0.2) is 14.4 Å². The minimum atomic E-state index is -0.245. The topological polar surface area (TPSA) is 58.1 Å². The molecular formula is C23H22ClFN4O. The van der Waals surface area contributed by atoms with Crippen LogP contribution in [0.4, 0.5) is 10.1 Å². The van der Waals surface area contributed by atoms with Crippen molar-refractivity contribution < 1.29 is 9.18 Å². The van der Waals surface area contributed by atoms with Crippen LogP contribution in [-0.4, -0.2) is 33.9 Å². The number of rotatable bonds is 5. The molecule has 1 aliphatic rings. The molecule has 0 radical (unpaired) electrons. The molecule has 2 aromatic carbocycles. The molecule has 0 saturated carbocycles. The van der Waals surface area contributed by atoms with Crippen LogP contribution in [0.2, 0.25) is 5.02 Å². The summed E-state index contributed by atoms with van der Waals surface area (Å²) in [5.74, 6) is 0.516. The Labute approximate surface area is 179 Å². The van der Waals surface area contributed by atoms with Crippen molar-refractivity contribution in [1.29, 1.82) is 0 Å². The monoisotopic (exact) mass is 424 g/mol. The van der Waals surface area contributed by atoms with E-state index in [0.29, 0.717) is 22.0 Å². The first-order chi connectivity index (χ1) is 14.5. The van der Waals surface area contributed by atoms with Gasteiger partial charge in [-0.1, -0.05) is 23.7 Å². The number of hydrogen-bond acceptors (Lipinski definition) is 4. The second kappa shape index (κ2) is 8.90. The van der Waals surface area contributed by atoms with Gasteiger partial charge in [0, 0.05) is 35.9 Å². The zero-order valence-corrected chi connectivity index (χ0v) is 17.4. The van der Waals surface area contributed by atoms with E-state index in [0.717, 1.165) is 37.4 Å². The summed E-state index contributed by atoms with van der Waals surface area (Å²) in [6.45, 7) is 4.38. The SMILES string of the molecule is Cc1nc([C@@H]2CCN(Cc3ccc(F)cc3)C2)ncc1C(=O)Nc1ccc(Cl)cc1. The number of carbonyl (C=O) groups excluding carboxylic acids is 1. The lowest BCUT2D eigenvalue weighted by molar-refractivity contribution is 0.102. The van der Waals surface area contributed by atoms with Crippen LogP contribution in [0.1, 0.15) is 39.8 Å². The van der Waals surface area contributed by atoms with Crippen LogP contribution in [0.15, 0.2) is 54.7 Å². The van der Waals surface area contributed by atoms with Crippen molar-refractivity contribution >= 4 is 23.2 Å². The van der Waals surface area contributed by atoms with E-state index in [2.05, 4.69) is 20.2 Å². The van der Waals surface area contributed by atoms with Gasteiger partial charge in [-0.3, -0.25) is 9.69 Å². The molecule has 1 saturated heterocycles. The van der Waals surface area contributed by atoms with Gasteiger partial charge >= 0.3 is 0 Å². The number of nitrogens with one attached hydrogen (secondary N) is 1. The van der Waals surface area contributed by atoms with E-state index in [-0.39, 0.29) is 17.6 Å². The first-order valence-electron chi connectivity index (χ1n) is 9.85. The molecule has 7 heteroatoms. The fourth-order valence-corrected chi connectivity index (χ4v) is 3.80. The third kappa shape index (κ3) is 4.83. The van der Waals surface area contributed by atoms with E-state index in [9.17, 15) is 9.18 Å². The number of benzene rings is 2. The predicted molar refractivity (Wildman–Crippen MR) is 115 cm³/mol. The Morgan fingerprint density at radius 2 is 1.93 bits per heavy atom. The Balaban J connectivity index is 1.39. The third-order valence-corrected chi connectivity index (χ3v) is 5.55. The highest BCUT2D eigenvalue weighted by atomic mass is 35.5. The van der Waals surface area contributed by atoms with Crippen molar-refractivity contribution in [2.45, 2.75) is 25.8 Å². The summed E-state index contributed by atoms with van der Waals surface area (Å²) in [6.07, 6.45) is 2.56. The summed E-state index contributed by atoms with van der Waals surface area (Å²) in [5.41, 5.74) is 2.86. The quantitative estimate of drug-likeness (QED) is 0.638. The molecule has 1 N–H and O–H groups in total. The summed E-state index contributed by atoms with van der Waals surface area (Å²) < 4.78 is 13.1. The summed E-state index contributed by atoms with van der Waals surface area (Å²) >= 11 is 5.88. The minimum Gasteiger partial charge on any atom is -0.322 e. The fourth-order valence-electron chi connectivity index (χ4n) is 3.67. The molecule has 1 amide bonds. The van der Waals surface area contributed by atoms with Gasteiger partial charge < -0.3 is 5.32 Å². The van der Waals surface area contributed by atoms with Gasteiger partial charge in [0.15, 0.2) is 0 Å². The maximum absolute atomic E-state index is 13.1. The average molecular weight is 425 g/mol. The lowest BCUT2D eigenvalue weighted by Gasteiger charge is -2.16.